The number of hydrogen-bond donors (Lipinski definition) is 2. The zero-order chi connectivity index (χ0) is 20.0. The predicted octanol–water partition coefficient (Wildman–Crippen LogP) is 2.33. The third kappa shape index (κ3) is 6.31. The number of hydrogen-bond acceptors (Lipinski definition) is 5. The van der Waals surface area contributed by atoms with E-state index in [4.69, 9.17) is 16.3 Å². The first-order chi connectivity index (χ1) is 12.7. The van der Waals surface area contributed by atoms with Gasteiger partial charge < -0.3 is 10.1 Å². The number of sulfonamides is 1. The lowest BCUT2D eigenvalue weighted by atomic mass is 10.3. The molecule has 0 bridgehead atoms. The van der Waals surface area contributed by atoms with Gasteiger partial charge in [0.25, 0.3) is 5.91 Å². The molecule has 1 atom stereocenters. The van der Waals surface area contributed by atoms with E-state index in [1.807, 2.05) is 4.72 Å². The molecule has 144 valence electrons. The maximum absolute atomic E-state index is 12.9. The van der Waals surface area contributed by atoms with Gasteiger partial charge in [-0.15, -0.1) is 0 Å². The van der Waals surface area contributed by atoms with Gasteiger partial charge in [0, 0.05) is 10.7 Å². The van der Waals surface area contributed by atoms with Crippen LogP contribution in [0.4, 0.5) is 10.1 Å². The second-order valence-electron chi connectivity index (χ2n) is 5.41. The van der Waals surface area contributed by atoms with E-state index in [2.05, 4.69) is 5.32 Å². The summed E-state index contributed by atoms with van der Waals surface area (Å²) in [6.45, 7) is 0.663. The lowest BCUT2D eigenvalue weighted by molar-refractivity contribution is -0.151. The largest absolute Gasteiger partial charge is 0.452 e. The van der Waals surface area contributed by atoms with Gasteiger partial charge in [-0.25, -0.2) is 12.8 Å². The topological polar surface area (TPSA) is 102 Å². The molecule has 0 aliphatic carbocycles. The Morgan fingerprint density at radius 3 is 2.30 bits per heavy atom. The van der Waals surface area contributed by atoms with Gasteiger partial charge in [0.15, 0.2) is 6.10 Å². The number of anilines is 1. The molecule has 0 unspecified atom stereocenters. The molecule has 0 spiro atoms. The van der Waals surface area contributed by atoms with Crippen LogP contribution in [0.2, 0.25) is 5.02 Å². The number of amides is 1. The molecule has 1 amide bonds. The van der Waals surface area contributed by atoms with Crippen LogP contribution in [-0.4, -0.2) is 32.9 Å². The van der Waals surface area contributed by atoms with Gasteiger partial charge in [-0.3, -0.25) is 9.59 Å². The van der Waals surface area contributed by atoms with Crippen LogP contribution in [0, 0.1) is 5.82 Å². The minimum atomic E-state index is -4.01. The monoisotopic (exact) mass is 414 g/mol. The van der Waals surface area contributed by atoms with Crippen LogP contribution in [0.15, 0.2) is 53.4 Å². The van der Waals surface area contributed by atoms with Crippen molar-refractivity contribution in [3.05, 3.63) is 59.4 Å². The number of esters is 1. The Balaban J connectivity index is 1.86. The summed E-state index contributed by atoms with van der Waals surface area (Å²) < 4.78 is 43.8. The first-order valence-corrected chi connectivity index (χ1v) is 9.54. The minimum absolute atomic E-state index is 0.203. The van der Waals surface area contributed by atoms with Crippen LogP contribution < -0.4 is 10.0 Å². The molecule has 0 heterocycles. The highest BCUT2D eigenvalue weighted by Gasteiger charge is 2.20. The molecule has 7 nitrogen and oxygen atoms in total. The van der Waals surface area contributed by atoms with Crippen molar-refractivity contribution in [1.82, 2.24) is 4.72 Å². The molecule has 2 aromatic rings. The molecule has 10 heteroatoms. The Morgan fingerprint density at radius 2 is 1.70 bits per heavy atom. The summed E-state index contributed by atoms with van der Waals surface area (Å²) in [6, 6.07) is 10.4. The second-order valence-corrected chi connectivity index (χ2v) is 7.61. The first kappa shape index (κ1) is 20.8. The van der Waals surface area contributed by atoms with Gasteiger partial charge in [0.1, 0.15) is 12.4 Å². The van der Waals surface area contributed by atoms with Crippen molar-refractivity contribution in [2.75, 3.05) is 11.9 Å². The van der Waals surface area contributed by atoms with Crippen molar-refractivity contribution in [1.29, 1.82) is 0 Å². The van der Waals surface area contributed by atoms with Crippen molar-refractivity contribution >= 4 is 39.2 Å². The Bertz CT molecular complexity index is 917. The molecule has 0 aromatic heterocycles. The number of nitrogens with one attached hydrogen (secondary N) is 2. The molecule has 0 saturated carbocycles. The molecule has 0 fully saturated rings. The molecular formula is C17H16ClFN2O5S. The summed E-state index contributed by atoms with van der Waals surface area (Å²) in [5.74, 6) is -2.12. The number of ether oxygens (including phenoxy) is 1. The van der Waals surface area contributed by atoms with Crippen molar-refractivity contribution in [2.24, 2.45) is 0 Å². The fraction of sp³-hybridized carbons (Fsp3) is 0.176. The number of rotatable bonds is 7. The minimum Gasteiger partial charge on any atom is -0.452 e. The predicted molar refractivity (Wildman–Crippen MR) is 97.2 cm³/mol. The van der Waals surface area contributed by atoms with Crippen LogP contribution in [-0.2, 0) is 24.3 Å². The average Bonchev–Trinajstić information content (AvgIpc) is 2.62. The lowest BCUT2D eigenvalue weighted by Crippen LogP contribution is -2.35. The van der Waals surface area contributed by atoms with E-state index >= 15 is 0 Å². The maximum Gasteiger partial charge on any atom is 0.321 e. The van der Waals surface area contributed by atoms with E-state index in [9.17, 15) is 22.4 Å². The summed E-state index contributed by atoms with van der Waals surface area (Å²) >= 11 is 5.75. The summed E-state index contributed by atoms with van der Waals surface area (Å²) in [5, 5.41) is 3.03. The quantitative estimate of drug-likeness (QED) is 0.677. The van der Waals surface area contributed by atoms with E-state index in [0.29, 0.717) is 10.7 Å². The Hall–Kier alpha value is -2.49. The van der Waals surface area contributed by atoms with Crippen LogP contribution in [0.1, 0.15) is 6.92 Å². The zero-order valence-electron chi connectivity index (χ0n) is 14.1. The molecule has 0 aliphatic rings. The molecule has 0 radical (unpaired) electrons. The van der Waals surface area contributed by atoms with Gasteiger partial charge >= 0.3 is 5.97 Å². The summed E-state index contributed by atoms with van der Waals surface area (Å²) in [6.07, 6.45) is -1.15. The van der Waals surface area contributed by atoms with Gasteiger partial charge in [0.05, 0.1) is 4.90 Å². The summed E-state index contributed by atoms with van der Waals surface area (Å²) in [7, 11) is -4.01. The van der Waals surface area contributed by atoms with Crippen molar-refractivity contribution in [3.8, 4) is 0 Å². The molecule has 0 aliphatic heterocycles. The lowest BCUT2D eigenvalue weighted by Gasteiger charge is -2.14. The molecule has 0 saturated heterocycles. The van der Waals surface area contributed by atoms with Gasteiger partial charge in [-0.1, -0.05) is 11.6 Å². The van der Waals surface area contributed by atoms with Crippen LogP contribution >= 0.6 is 11.6 Å². The molecule has 2 aromatic carbocycles. The van der Waals surface area contributed by atoms with E-state index in [1.54, 1.807) is 24.3 Å². The Morgan fingerprint density at radius 1 is 1.11 bits per heavy atom. The van der Waals surface area contributed by atoms with Crippen molar-refractivity contribution in [3.63, 3.8) is 0 Å². The number of benzene rings is 2. The van der Waals surface area contributed by atoms with Gasteiger partial charge in [0.2, 0.25) is 10.0 Å². The standard InChI is InChI=1S/C17H16ClFN2O5S/c1-11(17(23)21-14-6-2-12(18)3-7-14)26-16(22)10-20-27(24,25)15-8-4-13(19)5-9-15/h2-9,11,20H,10H2,1H3,(H,21,23)/t11-/m0/s1. The van der Waals surface area contributed by atoms with E-state index in [1.165, 1.54) is 6.92 Å². The highest BCUT2D eigenvalue weighted by Crippen LogP contribution is 2.14. The van der Waals surface area contributed by atoms with E-state index in [0.717, 1.165) is 24.3 Å². The fourth-order valence-electron chi connectivity index (χ4n) is 1.92. The SMILES string of the molecule is C[C@H](OC(=O)CNS(=O)(=O)c1ccc(F)cc1)C(=O)Nc1ccc(Cl)cc1. The van der Waals surface area contributed by atoms with Crippen molar-refractivity contribution in [2.45, 2.75) is 17.9 Å². The highest BCUT2D eigenvalue weighted by molar-refractivity contribution is 7.89. The third-order valence-corrected chi connectivity index (χ3v) is 4.99. The third-order valence-electron chi connectivity index (χ3n) is 3.32. The fourth-order valence-corrected chi connectivity index (χ4v) is 3.02. The number of carbonyl (C=O) groups is 2. The molecular weight excluding hydrogens is 399 g/mol. The smallest absolute Gasteiger partial charge is 0.321 e. The number of carbonyl (C=O) groups excluding carboxylic acids is 2. The Kier molecular flexibility index (Phi) is 6.89. The number of halogens is 2. The zero-order valence-corrected chi connectivity index (χ0v) is 15.7. The summed E-state index contributed by atoms with van der Waals surface area (Å²) in [5.41, 5.74) is 0.462. The van der Waals surface area contributed by atoms with E-state index in [-0.39, 0.29) is 4.90 Å². The molecule has 2 N–H and O–H groups in total. The summed E-state index contributed by atoms with van der Waals surface area (Å²) in [4.78, 5) is 23.6. The van der Waals surface area contributed by atoms with Crippen molar-refractivity contribution < 1.29 is 27.1 Å². The maximum atomic E-state index is 12.9. The van der Waals surface area contributed by atoms with Crippen LogP contribution in [0.5, 0.6) is 0 Å². The molecule has 27 heavy (non-hydrogen) atoms. The van der Waals surface area contributed by atoms with Crippen LogP contribution in [0.25, 0.3) is 0 Å². The Labute approximate surface area is 160 Å². The van der Waals surface area contributed by atoms with Crippen LogP contribution in [0.3, 0.4) is 0 Å². The van der Waals surface area contributed by atoms with Gasteiger partial charge in [-0.05, 0) is 55.5 Å². The molecule has 2 rings (SSSR count). The normalized spacial score (nSPS) is 12.3. The second kappa shape index (κ2) is 8.94. The van der Waals surface area contributed by atoms with Gasteiger partial charge in [-0.2, -0.15) is 4.72 Å². The highest BCUT2D eigenvalue weighted by atomic mass is 35.5. The average molecular weight is 415 g/mol. The first-order valence-electron chi connectivity index (χ1n) is 7.68. The van der Waals surface area contributed by atoms with E-state index < -0.39 is 40.4 Å².